The van der Waals surface area contributed by atoms with Crippen molar-refractivity contribution in [3.8, 4) is 0 Å². The van der Waals surface area contributed by atoms with Gasteiger partial charge in [0.2, 0.25) is 0 Å². The molecule has 12 heavy (non-hydrogen) atoms. The molecule has 0 aromatic heterocycles. The predicted molar refractivity (Wildman–Crippen MR) is 48.5 cm³/mol. The first kappa shape index (κ1) is 9.42. The lowest BCUT2D eigenvalue weighted by atomic mass is 10.1. The zero-order valence-electron chi connectivity index (χ0n) is 7.16. The molecule has 0 bridgehead atoms. The van der Waals surface area contributed by atoms with Crippen LogP contribution in [0.5, 0.6) is 0 Å². The second-order valence-electron chi connectivity index (χ2n) is 2.88. The maximum absolute atomic E-state index is 10.4. The van der Waals surface area contributed by atoms with Crippen molar-refractivity contribution in [2.45, 2.75) is 19.6 Å². The van der Waals surface area contributed by atoms with Crippen molar-refractivity contribution in [2.24, 2.45) is 0 Å². The van der Waals surface area contributed by atoms with Crippen LogP contribution >= 0.6 is 0 Å². The molecule has 0 fully saturated rings. The zero-order chi connectivity index (χ0) is 9.14. The highest BCUT2D eigenvalue weighted by atomic mass is 32.2. The summed E-state index contributed by atoms with van der Waals surface area (Å²) < 4.78 is 20.9. The second kappa shape index (κ2) is 3.83. The molecule has 1 unspecified atom stereocenters. The molecular formula is C9H11O2S-. The highest BCUT2D eigenvalue weighted by molar-refractivity contribution is 7.78. The molecule has 0 saturated carbocycles. The molecule has 0 N–H and O–H groups in total. The Labute approximate surface area is 74.9 Å². The molecule has 66 valence electrons. The van der Waals surface area contributed by atoms with E-state index in [0.717, 1.165) is 16.7 Å². The predicted octanol–water partition coefficient (Wildman–Crippen LogP) is 1.68. The Morgan fingerprint density at radius 3 is 2.67 bits per heavy atom. The van der Waals surface area contributed by atoms with Crippen LogP contribution in [0.4, 0.5) is 0 Å². The van der Waals surface area contributed by atoms with Crippen molar-refractivity contribution in [1.82, 2.24) is 0 Å². The average Bonchev–Trinajstić information content (AvgIpc) is 1.96. The topological polar surface area (TPSA) is 40.1 Å². The van der Waals surface area contributed by atoms with Crippen molar-refractivity contribution in [3.63, 3.8) is 0 Å². The molecule has 1 aromatic rings. The van der Waals surface area contributed by atoms with Gasteiger partial charge in [-0.1, -0.05) is 34.8 Å². The van der Waals surface area contributed by atoms with E-state index in [9.17, 15) is 8.76 Å². The van der Waals surface area contributed by atoms with E-state index in [4.69, 9.17) is 0 Å². The lowest BCUT2D eigenvalue weighted by Gasteiger charge is -2.08. The minimum absolute atomic E-state index is 0.119. The molecule has 1 rings (SSSR count). The molecule has 0 heterocycles. The number of aryl methyl sites for hydroxylation is 2. The third kappa shape index (κ3) is 2.43. The van der Waals surface area contributed by atoms with Crippen LogP contribution in [0.3, 0.4) is 0 Å². The zero-order valence-corrected chi connectivity index (χ0v) is 7.98. The van der Waals surface area contributed by atoms with Gasteiger partial charge in [0, 0.05) is 5.75 Å². The van der Waals surface area contributed by atoms with E-state index in [2.05, 4.69) is 0 Å². The molecule has 0 radical (unpaired) electrons. The van der Waals surface area contributed by atoms with Gasteiger partial charge in [-0.25, -0.2) is 0 Å². The van der Waals surface area contributed by atoms with Crippen molar-refractivity contribution in [2.75, 3.05) is 0 Å². The fourth-order valence-corrected chi connectivity index (χ4v) is 1.65. The molecule has 1 atom stereocenters. The summed E-state index contributed by atoms with van der Waals surface area (Å²) in [6.07, 6.45) is 0. The van der Waals surface area contributed by atoms with Crippen molar-refractivity contribution < 1.29 is 8.76 Å². The first-order valence-corrected chi connectivity index (χ1v) is 4.96. The molecule has 1 aromatic carbocycles. The Hall–Kier alpha value is -0.670. The summed E-state index contributed by atoms with van der Waals surface area (Å²) in [5.74, 6) is 0.119. The van der Waals surface area contributed by atoms with Gasteiger partial charge in [0.25, 0.3) is 0 Å². The van der Waals surface area contributed by atoms with Gasteiger partial charge >= 0.3 is 0 Å². The summed E-state index contributed by atoms with van der Waals surface area (Å²) >= 11 is -1.99. The van der Waals surface area contributed by atoms with E-state index < -0.39 is 11.1 Å². The van der Waals surface area contributed by atoms with Gasteiger partial charge in [-0.05, 0) is 25.0 Å². The van der Waals surface area contributed by atoms with Gasteiger partial charge in [0.15, 0.2) is 0 Å². The van der Waals surface area contributed by atoms with E-state index in [-0.39, 0.29) is 5.75 Å². The number of hydrogen-bond acceptors (Lipinski definition) is 2. The molecule has 0 aliphatic rings. The van der Waals surface area contributed by atoms with Gasteiger partial charge in [-0.3, -0.25) is 4.21 Å². The van der Waals surface area contributed by atoms with E-state index >= 15 is 0 Å². The maximum Gasteiger partial charge on any atom is 0.0355 e. The second-order valence-corrected chi connectivity index (χ2v) is 3.77. The molecule has 0 saturated heterocycles. The fourth-order valence-electron chi connectivity index (χ4n) is 1.08. The average molecular weight is 183 g/mol. The minimum atomic E-state index is -1.99. The highest BCUT2D eigenvalue weighted by Gasteiger charge is 1.97. The third-order valence-electron chi connectivity index (χ3n) is 1.78. The van der Waals surface area contributed by atoms with Crippen molar-refractivity contribution in [3.05, 3.63) is 34.9 Å². The summed E-state index contributed by atoms with van der Waals surface area (Å²) in [6.45, 7) is 3.87. The van der Waals surface area contributed by atoms with Gasteiger partial charge in [-0.2, -0.15) is 0 Å². The number of rotatable bonds is 2. The molecule has 0 aliphatic carbocycles. The first-order valence-electron chi connectivity index (χ1n) is 3.71. The summed E-state index contributed by atoms with van der Waals surface area (Å²) in [5, 5.41) is 0. The SMILES string of the molecule is Cc1ccc(C)c(CS(=O)[O-])c1. The van der Waals surface area contributed by atoms with Crippen LogP contribution in [0.2, 0.25) is 0 Å². The lowest BCUT2D eigenvalue weighted by molar-refractivity contribution is 0.536. The van der Waals surface area contributed by atoms with Crippen LogP contribution in [0, 0.1) is 13.8 Å². The smallest absolute Gasteiger partial charge is 0.0355 e. The van der Waals surface area contributed by atoms with Crippen LogP contribution in [0.1, 0.15) is 16.7 Å². The third-order valence-corrected chi connectivity index (χ3v) is 2.32. The van der Waals surface area contributed by atoms with Gasteiger partial charge in [0.1, 0.15) is 0 Å². The normalized spacial score (nSPS) is 12.9. The van der Waals surface area contributed by atoms with Crippen LogP contribution in [-0.2, 0) is 16.8 Å². The monoisotopic (exact) mass is 183 g/mol. The molecule has 0 spiro atoms. The number of benzene rings is 1. The van der Waals surface area contributed by atoms with E-state index in [0.29, 0.717) is 0 Å². The van der Waals surface area contributed by atoms with Crippen molar-refractivity contribution in [1.29, 1.82) is 0 Å². The minimum Gasteiger partial charge on any atom is -0.772 e. The lowest BCUT2D eigenvalue weighted by Crippen LogP contribution is -1.96. The summed E-state index contributed by atoms with van der Waals surface area (Å²) in [6, 6.07) is 5.83. The summed E-state index contributed by atoms with van der Waals surface area (Å²) in [4.78, 5) is 0. The van der Waals surface area contributed by atoms with Crippen LogP contribution < -0.4 is 0 Å². The largest absolute Gasteiger partial charge is 0.772 e. The Morgan fingerprint density at radius 1 is 1.42 bits per heavy atom. The van der Waals surface area contributed by atoms with Gasteiger partial charge in [-0.15, -0.1) is 0 Å². The van der Waals surface area contributed by atoms with Crippen molar-refractivity contribution >= 4 is 11.1 Å². The maximum atomic E-state index is 10.4. The van der Waals surface area contributed by atoms with E-state index in [1.54, 1.807) is 0 Å². The first-order chi connectivity index (χ1) is 5.59. The summed E-state index contributed by atoms with van der Waals surface area (Å²) in [7, 11) is 0. The molecular weight excluding hydrogens is 172 g/mol. The quantitative estimate of drug-likeness (QED) is 0.654. The molecule has 0 amide bonds. The Morgan fingerprint density at radius 2 is 2.08 bits per heavy atom. The molecule has 0 aliphatic heterocycles. The fraction of sp³-hybridized carbons (Fsp3) is 0.333. The Bertz CT molecular complexity index is 307. The van der Waals surface area contributed by atoms with Crippen LogP contribution in [0.15, 0.2) is 18.2 Å². The van der Waals surface area contributed by atoms with E-state index in [1.165, 1.54) is 0 Å². The highest BCUT2D eigenvalue weighted by Crippen LogP contribution is 2.11. The van der Waals surface area contributed by atoms with Crippen LogP contribution in [-0.4, -0.2) is 8.76 Å². The summed E-state index contributed by atoms with van der Waals surface area (Å²) in [5.41, 5.74) is 3.02. The standard InChI is InChI=1S/C9H12O2S/c1-7-3-4-8(2)9(5-7)6-12(10)11/h3-5H,6H2,1-2H3,(H,10,11)/p-1. The van der Waals surface area contributed by atoms with Gasteiger partial charge < -0.3 is 4.55 Å². The molecule has 3 heteroatoms. The Kier molecular flexibility index (Phi) is 3.00. The van der Waals surface area contributed by atoms with Crippen LogP contribution in [0.25, 0.3) is 0 Å². The molecule has 2 nitrogen and oxygen atoms in total. The Balaban J connectivity index is 2.97. The van der Waals surface area contributed by atoms with E-state index in [1.807, 2.05) is 32.0 Å². The van der Waals surface area contributed by atoms with Gasteiger partial charge in [0.05, 0.1) is 0 Å². The number of hydrogen-bond donors (Lipinski definition) is 0.